The zero-order valence-corrected chi connectivity index (χ0v) is 28.3. The molecule has 0 aliphatic carbocycles. The third kappa shape index (κ3) is 7.22. The molecular weight excluding hydrogens is 584 g/mol. The van der Waals surface area contributed by atoms with Crippen molar-refractivity contribution in [3.05, 3.63) is 113 Å². The minimum Gasteiger partial charge on any atom is -0.496 e. The first-order chi connectivity index (χ1) is 22.8. The number of nitrogens with zero attached hydrogens (tertiary/aromatic N) is 3. The van der Waals surface area contributed by atoms with Crippen molar-refractivity contribution in [2.75, 3.05) is 59.3 Å². The Kier molecular flexibility index (Phi) is 9.95. The van der Waals surface area contributed by atoms with E-state index in [1.54, 1.807) is 14.2 Å². The largest absolute Gasteiger partial charge is 0.496 e. The summed E-state index contributed by atoms with van der Waals surface area (Å²) in [5.41, 5.74) is 9.36. The van der Waals surface area contributed by atoms with Crippen LogP contribution in [0.1, 0.15) is 39.2 Å². The van der Waals surface area contributed by atoms with Gasteiger partial charge in [-0.15, -0.1) is 0 Å². The van der Waals surface area contributed by atoms with Crippen molar-refractivity contribution in [2.24, 2.45) is 0 Å². The molecule has 5 aromatic rings. The number of carbonyl (C=O) groups is 1. The van der Waals surface area contributed by atoms with Gasteiger partial charge in [0.1, 0.15) is 11.5 Å². The van der Waals surface area contributed by atoms with Crippen molar-refractivity contribution in [3.63, 3.8) is 0 Å². The first-order valence-corrected chi connectivity index (χ1v) is 16.6. The first-order valence-electron chi connectivity index (χ1n) is 16.6. The van der Waals surface area contributed by atoms with Gasteiger partial charge in [0, 0.05) is 72.7 Å². The van der Waals surface area contributed by atoms with E-state index in [2.05, 4.69) is 64.8 Å². The molecule has 0 spiro atoms. The maximum Gasteiger partial charge on any atom is 0.255 e. The van der Waals surface area contributed by atoms with Gasteiger partial charge in [-0.1, -0.05) is 48.5 Å². The van der Waals surface area contributed by atoms with Gasteiger partial charge in [0.05, 0.1) is 19.8 Å². The molecule has 1 aliphatic rings. The fourth-order valence-electron chi connectivity index (χ4n) is 6.75. The number of benzene rings is 4. The predicted molar refractivity (Wildman–Crippen MR) is 192 cm³/mol. The number of aryl methyl sites for hydroxylation is 2. The summed E-state index contributed by atoms with van der Waals surface area (Å²) in [6.45, 7) is 11.3. The molecule has 1 aromatic heterocycles. The number of hydrogen-bond donors (Lipinski definition) is 1. The Hall–Kier alpha value is -4.59. The van der Waals surface area contributed by atoms with Crippen molar-refractivity contribution < 1.29 is 14.3 Å². The molecule has 1 N–H and O–H groups in total. The lowest BCUT2D eigenvalue weighted by molar-refractivity contribution is 0.102. The van der Waals surface area contributed by atoms with Gasteiger partial charge in [0.15, 0.2) is 0 Å². The highest BCUT2D eigenvalue weighted by atomic mass is 16.5. The number of aromatic nitrogens is 1. The third-order valence-electron chi connectivity index (χ3n) is 9.58. The van der Waals surface area contributed by atoms with Crippen molar-refractivity contribution in [1.29, 1.82) is 0 Å². The zero-order valence-electron chi connectivity index (χ0n) is 28.3. The van der Waals surface area contributed by atoms with E-state index in [1.165, 1.54) is 40.8 Å². The maximum atomic E-state index is 13.4. The van der Waals surface area contributed by atoms with Gasteiger partial charge in [-0.3, -0.25) is 4.79 Å². The molecule has 47 heavy (non-hydrogen) atoms. The van der Waals surface area contributed by atoms with Crippen molar-refractivity contribution in [3.8, 4) is 22.6 Å². The zero-order chi connectivity index (χ0) is 32.9. The summed E-state index contributed by atoms with van der Waals surface area (Å²) >= 11 is 0. The number of anilines is 1. The van der Waals surface area contributed by atoms with Crippen LogP contribution < -0.4 is 14.8 Å². The van der Waals surface area contributed by atoms with Gasteiger partial charge < -0.3 is 29.2 Å². The molecule has 7 heteroatoms. The predicted octanol–water partition coefficient (Wildman–Crippen LogP) is 7.42. The van der Waals surface area contributed by atoms with Gasteiger partial charge in [-0.05, 0) is 86.8 Å². The maximum absolute atomic E-state index is 13.4. The number of hydrogen-bond acceptors (Lipinski definition) is 5. The van der Waals surface area contributed by atoms with E-state index in [0.717, 1.165) is 55.7 Å². The average Bonchev–Trinajstić information content (AvgIpc) is 3.33. The standard InChI is InChI=1S/C40H46N4O3/c1-28-29(2)44(18-10-17-43-21-19-42(3)20-22-43)36-16-15-31(25-35(28)36)23-30-11-9-14-33(24-30)40(45)41-34-26-37(46-4)39(38(27-34)47-5)32-12-7-6-8-13-32/h6-9,11-16,24-27H,10,17-23H2,1-5H3,(H,41,45). The molecule has 0 unspecified atom stereocenters. The van der Waals surface area contributed by atoms with Crippen LogP contribution in [0.3, 0.4) is 0 Å². The summed E-state index contributed by atoms with van der Waals surface area (Å²) in [6, 6.07) is 28.3. The SMILES string of the molecule is COc1cc(NC(=O)c2cccc(Cc3ccc4c(c3)c(C)c(C)n4CCCN3CCN(C)CC3)c2)cc(OC)c1-c1ccccc1. The number of likely N-dealkylation sites (N-methyl/N-ethyl adjacent to an activating group) is 1. The average molecular weight is 631 g/mol. The fraction of sp³-hybridized carbons (Fsp3) is 0.325. The fourth-order valence-corrected chi connectivity index (χ4v) is 6.75. The quantitative estimate of drug-likeness (QED) is 0.165. The van der Waals surface area contributed by atoms with E-state index < -0.39 is 0 Å². The summed E-state index contributed by atoms with van der Waals surface area (Å²) in [6.07, 6.45) is 1.90. The molecule has 0 saturated carbocycles. The molecule has 1 aliphatic heterocycles. The van der Waals surface area contributed by atoms with Crippen molar-refractivity contribution >= 4 is 22.5 Å². The Morgan fingerprint density at radius 2 is 1.49 bits per heavy atom. The number of nitrogens with one attached hydrogen (secondary N) is 1. The Balaban J connectivity index is 1.15. The number of piperazine rings is 1. The summed E-state index contributed by atoms with van der Waals surface area (Å²) < 4.78 is 13.9. The van der Waals surface area contributed by atoms with Crippen LogP contribution in [0, 0.1) is 13.8 Å². The highest BCUT2D eigenvalue weighted by Gasteiger charge is 2.18. The molecule has 4 aromatic carbocycles. The molecule has 0 radical (unpaired) electrons. The molecule has 6 rings (SSSR count). The second kappa shape index (κ2) is 14.4. The summed E-state index contributed by atoms with van der Waals surface area (Å²) in [5.74, 6) is 1.08. The normalized spacial score (nSPS) is 14.0. The van der Waals surface area contributed by atoms with E-state index in [1.807, 2.05) is 60.7 Å². The Labute approximate surface area is 278 Å². The topological polar surface area (TPSA) is 59.0 Å². The summed E-state index contributed by atoms with van der Waals surface area (Å²) in [5, 5.41) is 4.37. The second-order valence-corrected chi connectivity index (χ2v) is 12.7. The van der Waals surface area contributed by atoms with E-state index in [0.29, 0.717) is 22.7 Å². The summed E-state index contributed by atoms with van der Waals surface area (Å²) in [4.78, 5) is 18.4. The van der Waals surface area contributed by atoms with Crippen LogP contribution in [0.25, 0.3) is 22.0 Å². The Morgan fingerprint density at radius 1 is 0.787 bits per heavy atom. The summed E-state index contributed by atoms with van der Waals surface area (Å²) in [7, 11) is 5.46. The Bertz CT molecular complexity index is 1830. The lowest BCUT2D eigenvalue weighted by atomic mass is 10.0. The molecule has 244 valence electrons. The number of amides is 1. The monoisotopic (exact) mass is 630 g/mol. The van der Waals surface area contributed by atoms with Gasteiger partial charge in [-0.25, -0.2) is 0 Å². The number of ether oxygens (including phenoxy) is 2. The highest BCUT2D eigenvalue weighted by molar-refractivity contribution is 6.05. The van der Waals surface area contributed by atoms with E-state index >= 15 is 0 Å². The van der Waals surface area contributed by atoms with Crippen LogP contribution in [-0.4, -0.2) is 74.3 Å². The molecule has 1 fully saturated rings. The molecule has 1 saturated heterocycles. The van der Waals surface area contributed by atoms with Gasteiger partial charge >= 0.3 is 0 Å². The molecule has 7 nitrogen and oxygen atoms in total. The minimum atomic E-state index is -0.181. The molecular formula is C40H46N4O3. The Morgan fingerprint density at radius 3 is 2.19 bits per heavy atom. The van der Waals surface area contributed by atoms with Crippen LogP contribution in [0.5, 0.6) is 11.5 Å². The molecule has 0 bridgehead atoms. The van der Waals surface area contributed by atoms with Crippen LogP contribution in [-0.2, 0) is 13.0 Å². The minimum absolute atomic E-state index is 0.181. The number of methoxy groups -OCH3 is 2. The van der Waals surface area contributed by atoms with Gasteiger partial charge in [-0.2, -0.15) is 0 Å². The number of carbonyl (C=O) groups excluding carboxylic acids is 1. The molecule has 2 heterocycles. The smallest absolute Gasteiger partial charge is 0.255 e. The molecule has 0 atom stereocenters. The van der Waals surface area contributed by atoms with Gasteiger partial charge in [0.2, 0.25) is 0 Å². The van der Waals surface area contributed by atoms with Crippen LogP contribution in [0.15, 0.2) is 84.9 Å². The van der Waals surface area contributed by atoms with E-state index in [4.69, 9.17) is 9.47 Å². The first kappa shape index (κ1) is 32.4. The van der Waals surface area contributed by atoms with Gasteiger partial charge in [0.25, 0.3) is 5.91 Å². The van der Waals surface area contributed by atoms with Crippen molar-refractivity contribution in [1.82, 2.24) is 14.4 Å². The lowest BCUT2D eigenvalue weighted by Crippen LogP contribution is -2.44. The van der Waals surface area contributed by atoms with Crippen LogP contribution in [0.2, 0.25) is 0 Å². The molecule has 1 amide bonds. The lowest BCUT2D eigenvalue weighted by Gasteiger charge is -2.32. The second-order valence-electron chi connectivity index (χ2n) is 12.7. The van der Waals surface area contributed by atoms with Crippen LogP contribution >= 0.6 is 0 Å². The van der Waals surface area contributed by atoms with Crippen molar-refractivity contribution in [2.45, 2.75) is 33.2 Å². The van der Waals surface area contributed by atoms with E-state index in [-0.39, 0.29) is 5.91 Å². The third-order valence-corrected chi connectivity index (χ3v) is 9.58. The van der Waals surface area contributed by atoms with E-state index in [9.17, 15) is 4.79 Å². The highest BCUT2D eigenvalue weighted by Crippen LogP contribution is 2.41. The number of rotatable bonds is 11. The number of fused-ring (bicyclic) bond motifs is 1. The van der Waals surface area contributed by atoms with Crippen LogP contribution in [0.4, 0.5) is 5.69 Å².